The predicted molar refractivity (Wildman–Crippen MR) is 124 cm³/mol. The molecule has 0 saturated heterocycles. The molecule has 0 radical (unpaired) electrons. The van der Waals surface area contributed by atoms with E-state index < -0.39 is 0 Å². The summed E-state index contributed by atoms with van der Waals surface area (Å²) in [5, 5.41) is 4.63. The molecular formula is C22H24N6O2S. The minimum Gasteiger partial charge on any atom is -0.369 e. The molecule has 9 heteroatoms. The van der Waals surface area contributed by atoms with E-state index in [2.05, 4.69) is 22.0 Å². The van der Waals surface area contributed by atoms with Gasteiger partial charge in [-0.15, -0.1) is 5.10 Å². The number of hydrogen-bond donors (Lipinski definition) is 1. The van der Waals surface area contributed by atoms with E-state index in [4.69, 9.17) is 9.92 Å². The molecule has 0 unspecified atom stereocenters. The normalized spacial score (nSPS) is 11.3. The van der Waals surface area contributed by atoms with Crippen LogP contribution in [0.4, 0.5) is 5.95 Å². The first-order chi connectivity index (χ1) is 15.0. The lowest BCUT2D eigenvalue weighted by molar-refractivity contribution is 0.336. The molecule has 4 rings (SSSR count). The van der Waals surface area contributed by atoms with Crippen molar-refractivity contribution >= 4 is 23.6 Å². The quantitative estimate of drug-likeness (QED) is 0.350. The van der Waals surface area contributed by atoms with Crippen LogP contribution in [0.25, 0.3) is 28.0 Å². The fourth-order valence-corrected chi connectivity index (χ4v) is 3.83. The molecule has 0 aliphatic carbocycles. The van der Waals surface area contributed by atoms with Gasteiger partial charge in [0, 0.05) is 23.2 Å². The van der Waals surface area contributed by atoms with Crippen molar-refractivity contribution in [3.8, 4) is 22.4 Å². The van der Waals surface area contributed by atoms with Crippen molar-refractivity contribution in [2.45, 2.75) is 26.8 Å². The molecule has 0 aliphatic heterocycles. The smallest absolute Gasteiger partial charge is 0.353 e. The summed E-state index contributed by atoms with van der Waals surface area (Å²) in [6.45, 7) is 4.69. The Kier molecular flexibility index (Phi) is 6.06. The zero-order valence-electron chi connectivity index (χ0n) is 17.7. The number of aryl methyl sites for hydroxylation is 2. The minimum absolute atomic E-state index is 0.0983. The third-order valence-electron chi connectivity index (χ3n) is 4.96. The van der Waals surface area contributed by atoms with Crippen LogP contribution in [-0.4, -0.2) is 37.0 Å². The van der Waals surface area contributed by atoms with E-state index in [1.807, 2.05) is 55.6 Å². The molecule has 0 saturated carbocycles. The lowest BCUT2D eigenvalue weighted by Crippen LogP contribution is -2.24. The van der Waals surface area contributed by atoms with Crippen molar-refractivity contribution in [2.24, 2.45) is 0 Å². The highest BCUT2D eigenvalue weighted by Gasteiger charge is 2.22. The molecule has 8 nitrogen and oxygen atoms in total. The van der Waals surface area contributed by atoms with Gasteiger partial charge in [-0.25, -0.2) is 18.9 Å². The van der Waals surface area contributed by atoms with E-state index in [1.165, 1.54) is 21.1 Å². The van der Waals surface area contributed by atoms with Crippen molar-refractivity contribution in [2.75, 3.05) is 18.6 Å². The summed E-state index contributed by atoms with van der Waals surface area (Å²) in [6, 6.07) is 13.8. The Morgan fingerprint density at radius 2 is 1.90 bits per heavy atom. The van der Waals surface area contributed by atoms with Crippen LogP contribution in [0, 0.1) is 6.92 Å². The van der Waals surface area contributed by atoms with Crippen LogP contribution in [0.5, 0.6) is 0 Å². The van der Waals surface area contributed by atoms with Gasteiger partial charge in [-0.2, -0.15) is 0 Å². The number of nitrogen functional groups attached to an aromatic ring is 1. The number of fused-ring (bicyclic) bond motifs is 1. The van der Waals surface area contributed by atoms with E-state index in [0.29, 0.717) is 24.5 Å². The van der Waals surface area contributed by atoms with Gasteiger partial charge >= 0.3 is 5.69 Å². The first kappa shape index (κ1) is 21.1. The van der Waals surface area contributed by atoms with Crippen LogP contribution in [0.2, 0.25) is 0 Å². The third kappa shape index (κ3) is 4.06. The van der Waals surface area contributed by atoms with Crippen molar-refractivity contribution in [1.29, 1.82) is 0 Å². The van der Waals surface area contributed by atoms with Crippen LogP contribution in [0.3, 0.4) is 0 Å². The van der Waals surface area contributed by atoms with E-state index in [1.54, 1.807) is 0 Å². The summed E-state index contributed by atoms with van der Waals surface area (Å²) < 4.78 is 8.06. The van der Waals surface area contributed by atoms with Gasteiger partial charge < -0.3 is 9.92 Å². The summed E-state index contributed by atoms with van der Waals surface area (Å²) in [5.74, 6) is 0.0983. The van der Waals surface area contributed by atoms with E-state index >= 15 is 0 Å². The third-order valence-corrected chi connectivity index (χ3v) is 5.37. The molecule has 160 valence electrons. The van der Waals surface area contributed by atoms with Gasteiger partial charge in [0.15, 0.2) is 5.65 Å². The summed E-state index contributed by atoms with van der Waals surface area (Å²) in [7, 11) is 0. The van der Waals surface area contributed by atoms with Gasteiger partial charge in [0.05, 0.1) is 24.4 Å². The maximum atomic E-state index is 13.0. The maximum absolute atomic E-state index is 13.0. The first-order valence-electron chi connectivity index (χ1n) is 10.0. The number of nitrogens with zero attached hydrogens (tertiary/aromatic N) is 5. The maximum Gasteiger partial charge on any atom is 0.353 e. The highest BCUT2D eigenvalue weighted by Crippen LogP contribution is 2.34. The second-order valence-corrected chi connectivity index (χ2v) is 7.62. The van der Waals surface area contributed by atoms with Crippen LogP contribution >= 0.6 is 12.0 Å². The minimum atomic E-state index is -0.341. The average Bonchev–Trinajstić information content (AvgIpc) is 3.10. The van der Waals surface area contributed by atoms with Crippen LogP contribution in [0.15, 0.2) is 47.3 Å². The zero-order chi connectivity index (χ0) is 22.0. The highest BCUT2D eigenvalue weighted by atomic mass is 32.2. The monoisotopic (exact) mass is 436 g/mol. The molecule has 0 atom stereocenters. The Morgan fingerprint density at radius 1 is 1.13 bits per heavy atom. The summed E-state index contributed by atoms with van der Waals surface area (Å²) in [4.78, 5) is 22.3. The summed E-state index contributed by atoms with van der Waals surface area (Å²) in [6.07, 6.45) is 2.62. The Morgan fingerprint density at radius 3 is 2.61 bits per heavy atom. The number of rotatable bonds is 7. The molecule has 3 aromatic heterocycles. The second kappa shape index (κ2) is 8.91. The molecule has 3 heterocycles. The Hall–Kier alpha value is -3.17. The number of aromatic nitrogens is 5. The summed E-state index contributed by atoms with van der Waals surface area (Å²) in [5.41, 5.74) is 11.4. The molecule has 4 aromatic rings. The van der Waals surface area contributed by atoms with Crippen LogP contribution in [0.1, 0.15) is 18.3 Å². The van der Waals surface area contributed by atoms with Crippen molar-refractivity contribution in [3.63, 3.8) is 0 Å². The van der Waals surface area contributed by atoms with E-state index in [0.717, 1.165) is 34.5 Å². The number of benzene rings is 1. The SMILES string of the molecule is CCc1cc(-c2c(-c3ccccc3)nc(N)n3c(=O)n(CCOSC)nc23)cc(C)n1. The number of pyridine rings is 1. The van der Waals surface area contributed by atoms with Gasteiger partial charge in [0.25, 0.3) is 0 Å². The van der Waals surface area contributed by atoms with Gasteiger partial charge in [-0.05, 0) is 43.1 Å². The predicted octanol–water partition coefficient (Wildman–Crippen LogP) is 3.37. The van der Waals surface area contributed by atoms with Crippen LogP contribution < -0.4 is 11.4 Å². The standard InChI is InChI=1S/C22H24N6O2S/c1-4-17-13-16(12-14(2)24-17)18-19(15-8-6-5-7-9-15)25-21(23)28-20(18)26-27(22(28)29)10-11-30-31-3/h5-9,12-13H,4,10-11H2,1-3H3,(H2,23,25). The highest BCUT2D eigenvalue weighted by molar-refractivity contribution is 7.93. The molecule has 0 spiro atoms. The largest absolute Gasteiger partial charge is 0.369 e. The van der Waals surface area contributed by atoms with Gasteiger partial charge in [-0.1, -0.05) is 37.3 Å². The Balaban J connectivity index is 2.05. The molecular weight excluding hydrogens is 412 g/mol. The Labute approximate surface area is 184 Å². The van der Waals surface area contributed by atoms with E-state index in [-0.39, 0.29) is 11.6 Å². The van der Waals surface area contributed by atoms with Crippen molar-refractivity contribution in [1.82, 2.24) is 24.1 Å². The fraction of sp³-hybridized carbons (Fsp3) is 0.273. The molecule has 0 amide bonds. The van der Waals surface area contributed by atoms with Crippen LogP contribution in [-0.2, 0) is 17.1 Å². The lowest BCUT2D eigenvalue weighted by Gasteiger charge is -2.13. The number of hydrogen-bond acceptors (Lipinski definition) is 7. The molecule has 0 fully saturated rings. The van der Waals surface area contributed by atoms with E-state index in [9.17, 15) is 4.79 Å². The van der Waals surface area contributed by atoms with Gasteiger partial charge in [0.2, 0.25) is 5.95 Å². The molecule has 2 N–H and O–H groups in total. The van der Waals surface area contributed by atoms with Gasteiger partial charge in [0.1, 0.15) is 0 Å². The molecule has 1 aromatic carbocycles. The lowest BCUT2D eigenvalue weighted by atomic mass is 9.99. The van der Waals surface area contributed by atoms with Crippen molar-refractivity contribution in [3.05, 3.63) is 64.3 Å². The molecule has 0 aliphatic rings. The zero-order valence-corrected chi connectivity index (χ0v) is 18.5. The molecule has 31 heavy (non-hydrogen) atoms. The second-order valence-electron chi connectivity index (χ2n) is 7.06. The number of nitrogens with two attached hydrogens (primary N) is 1. The van der Waals surface area contributed by atoms with Crippen molar-refractivity contribution < 1.29 is 4.18 Å². The number of anilines is 1. The first-order valence-corrected chi connectivity index (χ1v) is 11.2. The average molecular weight is 437 g/mol. The topological polar surface area (TPSA) is 100 Å². The molecule has 0 bridgehead atoms. The Bertz CT molecular complexity index is 1280. The van der Waals surface area contributed by atoms with Gasteiger partial charge in [-0.3, -0.25) is 4.98 Å². The summed E-state index contributed by atoms with van der Waals surface area (Å²) >= 11 is 1.25. The fourth-order valence-electron chi connectivity index (χ4n) is 3.59.